The van der Waals surface area contributed by atoms with Gasteiger partial charge in [-0.1, -0.05) is 71.9 Å². The van der Waals surface area contributed by atoms with Crippen molar-refractivity contribution in [3.63, 3.8) is 0 Å². The highest BCUT2D eigenvalue weighted by atomic mass is 32.2. The largest absolute Gasteiger partial charge is 0.278 e. The Morgan fingerprint density at radius 1 is 1.15 bits per heavy atom. The predicted octanol–water partition coefficient (Wildman–Crippen LogP) is 4.80. The van der Waals surface area contributed by atoms with Crippen molar-refractivity contribution in [2.45, 2.75) is 18.6 Å². The normalized spacial score (nSPS) is 17.1. The fraction of sp³-hybridized carbons (Fsp3) is 0.150. The van der Waals surface area contributed by atoms with Crippen LogP contribution in [0.1, 0.15) is 26.8 Å². The van der Waals surface area contributed by atoms with E-state index < -0.39 is 0 Å². The van der Waals surface area contributed by atoms with Crippen LogP contribution < -0.4 is 4.90 Å². The number of nitrogens with one attached hydrogen (secondary N) is 1. The highest BCUT2D eigenvalue weighted by molar-refractivity contribution is 8.15. The van der Waals surface area contributed by atoms with Gasteiger partial charge in [0.25, 0.3) is 5.91 Å². The van der Waals surface area contributed by atoms with Gasteiger partial charge in [0, 0.05) is 17.5 Å². The van der Waals surface area contributed by atoms with E-state index >= 15 is 0 Å². The summed E-state index contributed by atoms with van der Waals surface area (Å²) in [5, 5.41) is 8.69. The van der Waals surface area contributed by atoms with Crippen LogP contribution in [0, 0.1) is 12.3 Å². The first kappa shape index (κ1) is 17.0. The van der Waals surface area contributed by atoms with Crippen molar-refractivity contribution in [3.05, 3.63) is 82.4 Å². The maximum atomic E-state index is 12.9. The molecule has 1 aromatic heterocycles. The summed E-state index contributed by atoms with van der Waals surface area (Å²) in [5.74, 6) is -0.0948. The number of carbonyl (C=O) groups excluding carboxylic acids is 1. The average molecular weight is 380 g/mol. The Kier molecular flexibility index (Phi) is 4.61. The van der Waals surface area contributed by atoms with Crippen LogP contribution in [-0.2, 0) is 11.2 Å². The average Bonchev–Trinajstić information content (AvgIpc) is 3.19. The van der Waals surface area contributed by atoms with E-state index in [9.17, 15) is 4.79 Å². The summed E-state index contributed by atoms with van der Waals surface area (Å²) < 4.78 is 0. The van der Waals surface area contributed by atoms with Gasteiger partial charge in [0.05, 0.1) is 0 Å². The van der Waals surface area contributed by atoms with Gasteiger partial charge < -0.3 is 0 Å². The van der Waals surface area contributed by atoms with Crippen LogP contribution in [0.4, 0.5) is 5.13 Å². The molecule has 4 rings (SSSR count). The van der Waals surface area contributed by atoms with Crippen LogP contribution in [0.3, 0.4) is 0 Å². The summed E-state index contributed by atoms with van der Waals surface area (Å²) in [7, 11) is 0. The van der Waals surface area contributed by atoms with E-state index in [-0.39, 0.29) is 16.3 Å². The third-order valence-electron chi connectivity index (χ3n) is 4.17. The second-order valence-corrected chi connectivity index (χ2v) is 8.35. The van der Waals surface area contributed by atoms with Crippen molar-refractivity contribution in [2.24, 2.45) is 0 Å². The van der Waals surface area contributed by atoms with E-state index in [1.807, 2.05) is 42.6 Å². The van der Waals surface area contributed by atoms with Gasteiger partial charge in [0.1, 0.15) is 5.25 Å². The number of hydrogen-bond acceptors (Lipinski definition) is 5. The lowest BCUT2D eigenvalue weighted by molar-refractivity contribution is -0.117. The molecule has 1 aliphatic heterocycles. The maximum Gasteiger partial charge on any atom is 0.253 e. The Labute approximate surface area is 160 Å². The summed E-state index contributed by atoms with van der Waals surface area (Å²) >= 11 is 2.75. The van der Waals surface area contributed by atoms with Crippen molar-refractivity contribution in [1.82, 2.24) is 4.98 Å². The van der Waals surface area contributed by atoms with E-state index in [1.54, 1.807) is 0 Å². The quantitative estimate of drug-likeness (QED) is 0.708. The predicted molar refractivity (Wildman–Crippen MR) is 108 cm³/mol. The molecule has 130 valence electrons. The fourth-order valence-electron chi connectivity index (χ4n) is 2.96. The zero-order valence-electron chi connectivity index (χ0n) is 14.2. The molecule has 0 radical (unpaired) electrons. The van der Waals surface area contributed by atoms with Crippen molar-refractivity contribution in [3.8, 4) is 0 Å². The molecule has 1 fully saturated rings. The fourth-order valence-corrected chi connectivity index (χ4v) is 4.98. The number of nitrogens with zero attached hydrogens (tertiary/aromatic N) is 2. The number of rotatable bonds is 4. The molecule has 26 heavy (non-hydrogen) atoms. The molecule has 1 aliphatic rings. The smallest absolute Gasteiger partial charge is 0.253 e. The van der Waals surface area contributed by atoms with Gasteiger partial charge in [0.2, 0.25) is 0 Å². The molecule has 0 aliphatic carbocycles. The molecule has 0 unspecified atom stereocenters. The van der Waals surface area contributed by atoms with Crippen LogP contribution in [-0.4, -0.2) is 16.1 Å². The Morgan fingerprint density at radius 2 is 1.96 bits per heavy atom. The number of amides is 1. The van der Waals surface area contributed by atoms with E-state index in [0.29, 0.717) is 5.13 Å². The molecular weight excluding hydrogens is 362 g/mol. The first-order valence-electron chi connectivity index (χ1n) is 8.26. The van der Waals surface area contributed by atoms with Gasteiger partial charge in [-0.3, -0.25) is 10.2 Å². The first-order chi connectivity index (χ1) is 12.6. The highest BCUT2D eigenvalue weighted by Crippen LogP contribution is 2.42. The minimum Gasteiger partial charge on any atom is -0.278 e. The van der Waals surface area contributed by atoms with E-state index in [4.69, 9.17) is 5.41 Å². The van der Waals surface area contributed by atoms with Crippen molar-refractivity contribution < 1.29 is 4.79 Å². The summed E-state index contributed by atoms with van der Waals surface area (Å²) in [4.78, 5) is 19.8. The van der Waals surface area contributed by atoms with E-state index in [2.05, 4.69) is 30.1 Å². The van der Waals surface area contributed by atoms with Crippen molar-refractivity contribution >= 4 is 39.3 Å². The van der Waals surface area contributed by atoms with Crippen LogP contribution in [0.25, 0.3) is 0 Å². The summed E-state index contributed by atoms with van der Waals surface area (Å²) in [6.45, 7) is 2.08. The van der Waals surface area contributed by atoms with Crippen LogP contribution in [0.15, 0.2) is 60.8 Å². The van der Waals surface area contributed by atoms with E-state index in [0.717, 1.165) is 16.9 Å². The SMILES string of the molecule is Cc1cccc(Cc2cnc(N3C(=N)S[C@H](c4ccccc4)C3=O)s2)c1. The molecule has 0 spiro atoms. The van der Waals surface area contributed by atoms with Gasteiger partial charge in [-0.15, -0.1) is 11.3 Å². The number of aromatic nitrogens is 1. The number of benzene rings is 2. The molecule has 2 heterocycles. The number of carbonyl (C=O) groups is 1. The molecule has 2 aromatic carbocycles. The molecular formula is C20H17N3OS2. The van der Waals surface area contributed by atoms with Crippen LogP contribution >= 0.6 is 23.1 Å². The number of thioether (sulfide) groups is 1. The summed E-state index contributed by atoms with van der Waals surface area (Å²) in [5.41, 5.74) is 3.37. The zero-order chi connectivity index (χ0) is 18.1. The molecule has 0 saturated carbocycles. The Morgan fingerprint density at radius 3 is 2.73 bits per heavy atom. The molecule has 3 aromatic rings. The lowest BCUT2D eigenvalue weighted by Crippen LogP contribution is -2.29. The van der Waals surface area contributed by atoms with Crippen LogP contribution in [0.2, 0.25) is 0 Å². The van der Waals surface area contributed by atoms with Crippen molar-refractivity contribution in [2.75, 3.05) is 4.90 Å². The van der Waals surface area contributed by atoms with E-state index in [1.165, 1.54) is 39.1 Å². The monoisotopic (exact) mass is 379 g/mol. The van der Waals surface area contributed by atoms with Gasteiger partial charge in [-0.2, -0.15) is 0 Å². The number of amidine groups is 1. The minimum absolute atomic E-state index is 0.0948. The summed E-state index contributed by atoms with van der Waals surface area (Å²) in [6, 6.07) is 18.0. The Balaban J connectivity index is 1.55. The lowest BCUT2D eigenvalue weighted by Gasteiger charge is -2.11. The summed E-state index contributed by atoms with van der Waals surface area (Å²) in [6.07, 6.45) is 2.59. The van der Waals surface area contributed by atoms with Gasteiger partial charge in [-0.05, 0) is 18.1 Å². The topological polar surface area (TPSA) is 57.1 Å². The van der Waals surface area contributed by atoms with Crippen molar-refractivity contribution in [1.29, 1.82) is 5.41 Å². The molecule has 1 N–H and O–H groups in total. The molecule has 6 heteroatoms. The Hall–Kier alpha value is -2.44. The van der Waals surface area contributed by atoms with Gasteiger partial charge in [0.15, 0.2) is 10.3 Å². The first-order valence-corrected chi connectivity index (χ1v) is 9.96. The molecule has 1 amide bonds. The number of hydrogen-bond donors (Lipinski definition) is 1. The van der Waals surface area contributed by atoms with Crippen LogP contribution in [0.5, 0.6) is 0 Å². The lowest BCUT2D eigenvalue weighted by atomic mass is 10.1. The van der Waals surface area contributed by atoms with Gasteiger partial charge in [-0.25, -0.2) is 9.88 Å². The number of aryl methyl sites for hydroxylation is 1. The standard InChI is InChI=1S/C20H17N3OS2/c1-13-6-5-7-14(10-13)11-16-12-22-20(25-16)23-18(24)17(26-19(23)21)15-8-3-2-4-9-15/h2-10,12,17,21H,11H2,1H3/t17-/m1/s1. The molecule has 4 nitrogen and oxygen atoms in total. The van der Waals surface area contributed by atoms with Gasteiger partial charge >= 0.3 is 0 Å². The maximum absolute atomic E-state index is 12.9. The molecule has 1 atom stereocenters. The third kappa shape index (κ3) is 3.30. The molecule has 1 saturated heterocycles. The molecule has 0 bridgehead atoms. The second kappa shape index (κ2) is 7.05. The third-order valence-corrected chi connectivity index (χ3v) is 6.27. The number of thiazole rings is 1. The zero-order valence-corrected chi connectivity index (χ0v) is 15.8. The minimum atomic E-state index is -0.368. The Bertz CT molecular complexity index is 968. The second-order valence-electron chi connectivity index (χ2n) is 6.16. The highest BCUT2D eigenvalue weighted by Gasteiger charge is 2.40. The number of anilines is 1.